The van der Waals surface area contributed by atoms with Crippen LogP contribution in [0.4, 0.5) is 0 Å². The van der Waals surface area contributed by atoms with Crippen molar-refractivity contribution in [1.82, 2.24) is 9.78 Å². The number of hydrogen-bond donors (Lipinski definition) is 0. The van der Waals surface area contributed by atoms with E-state index in [-0.39, 0.29) is 0 Å². The van der Waals surface area contributed by atoms with Gasteiger partial charge in [0.1, 0.15) is 0 Å². The van der Waals surface area contributed by atoms with Crippen LogP contribution in [0.3, 0.4) is 0 Å². The quantitative estimate of drug-likeness (QED) is 0.623. The Morgan fingerprint density at radius 1 is 1.25 bits per heavy atom. The summed E-state index contributed by atoms with van der Waals surface area (Å²) in [5.41, 5.74) is 3.92. The molecule has 0 amide bonds. The molecule has 2 rings (SSSR count). The maximum absolute atomic E-state index is 4.55. The monoisotopic (exact) mass is 164 g/mol. The Hall–Kier alpha value is -0.790. The van der Waals surface area contributed by atoms with E-state index in [1.54, 1.807) is 0 Å². The summed E-state index contributed by atoms with van der Waals surface area (Å²) in [7, 11) is 0. The van der Waals surface area contributed by atoms with Crippen LogP contribution in [-0.4, -0.2) is 9.78 Å². The van der Waals surface area contributed by atoms with E-state index in [0.29, 0.717) is 6.04 Å². The fourth-order valence-electron chi connectivity index (χ4n) is 1.73. The summed E-state index contributed by atoms with van der Waals surface area (Å²) in [6.07, 6.45) is 4.02. The summed E-state index contributed by atoms with van der Waals surface area (Å²) in [5, 5.41) is 4.55. The molecular weight excluding hydrogens is 148 g/mol. The van der Waals surface area contributed by atoms with E-state index < -0.39 is 0 Å². The Labute approximate surface area is 73.6 Å². The third-order valence-electron chi connectivity index (χ3n) is 3.11. The summed E-state index contributed by atoms with van der Waals surface area (Å²) in [5.74, 6) is 0. The van der Waals surface area contributed by atoms with Crippen LogP contribution >= 0.6 is 0 Å². The third-order valence-corrected chi connectivity index (χ3v) is 3.11. The molecular formula is C10H16N2. The SMILES string of the molecule is Cc1nn(C2CCC2)c(C)c1C. The van der Waals surface area contributed by atoms with Crippen LogP contribution in [0.1, 0.15) is 42.3 Å². The van der Waals surface area contributed by atoms with Crippen LogP contribution in [-0.2, 0) is 0 Å². The van der Waals surface area contributed by atoms with Crippen molar-refractivity contribution < 1.29 is 0 Å². The first kappa shape index (κ1) is 7.84. The summed E-state index contributed by atoms with van der Waals surface area (Å²) >= 11 is 0. The van der Waals surface area contributed by atoms with Gasteiger partial charge < -0.3 is 0 Å². The third kappa shape index (κ3) is 0.977. The van der Waals surface area contributed by atoms with Crippen molar-refractivity contribution >= 4 is 0 Å². The minimum absolute atomic E-state index is 0.706. The molecule has 0 saturated heterocycles. The van der Waals surface area contributed by atoms with Gasteiger partial charge in [0.2, 0.25) is 0 Å². The lowest BCUT2D eigenvalue weighted by Gasteiger charge is -2.26. The smallest absolute Gasteiger partial charge is 0.0625 e. The van der Waals surface area contributed by atoms with Crippen molar-refractivity contribution in [2.75, 3.05) is 0 Å². The zero-order valence-electron chi connectivity index (χ0n) is 8.09. The average Bonchev–Trinajstić information content (AvgIpc) is 2.15. The number of hydrogen-bond acceptors (Lipinski definition) is 1. The van der Waals surface area contributed by atoms with Crippen molar-refractivity contribution in [2.24, 2.45) is 0 Å². The van der Waals surface area contributed by atoms with E-state index in [1.165, 1.54) is 36.2 Å². The largest absolute Gasteiger partial charge is 0.266 e. The Bertz CT molecular complexity index is 295. The number of rotatable bonds is 1. The molecule has 1 fully saturated rings. The van der Waals surface area contributed by atoms with Gasteiger partial charge in [-0.3, -0.25) is 4.68 Å². The Kier molecular flexibility index (Phi) is 1.71. The fourth-order valence-corrected chi connectivity index (χ4v) is 1.73. The number of nitrogens with zero attached hydrogens (tertiary/aromatic N) is 2. The molecule has 12 heavy (non-hydrogen) atoms. The molecule has 1 heterocycles. The zero-order chi connectivity index (χ0) is 8.72. The van der Waals surface area contributed by atoms with E-state index in [2.05, 4.69) is 30.6 Å². The van der Waals surface area contributed by atoms with Gasteiger partial charge in [-0.05, 0) is 45.6 Å². The Morgan fingerprint density at radius 2 is 1.92 bits per heavy atom. The highest BCUT2D eigenvalue weighted by atomic mass is 15.3. The molecule has 0 spiro atoms. The highest BCUT2D eigenvalue weighted by Crippen LogP contribution is 2.32. The van der Waals surface area contributed by atoms with Gasteiger partial charge in [-0.25, -0.2) is 0 Å². The maximum atomic E-state index is 4.55. The second kappa shape index (κ2) is 2.61. The van der Waals surface area contributed by atoms with Gasteiger partial charge in [-0.15, -0.1) is 0 Å². The van der Waals surface area contributed by atoms with Crippen molar-refractivity contribution in [1.29, 1.82) is 0 Å². The molecule has 1 aromatic rings. The lowest BCUT2D eigenvalue weighted by molar-refractivity contribution is 0.284. The number of aryl methyl sites for hydroxylation is 1. The second-order valence-corrected chi connectivity index (χ2v) is 3.83. The van der Waals surface area contributed by atoms with Gasteiger partial charge in [-0.2, -0.15) is 5.10 Å². The maximum Gasteiger partial charge on any atom is 0.0625 e. The molecule has 0 atom stereocenters. The Balaban J connectivity index is 2.36. The van der Waals surface area contributed by atoms with E-state index >= 15 is 0 Å². The summed E-state index contributed by atoms with van der Waals surface area (Å²) < 4.78 is 2.22. The molecule has 2 nitrogen and oxygen atoms in total. The molecule has 2 heteroatoms. The predicted octanol–water partition coefficient (Wildman–Crippen LogP) is 2.53. The van der Waals surface area contributed by atoms with Crippen LogP contribution < -0.4 is 0 Å². The molecule has 0 bridgehead atoms. The molecule has 66 valence electrons. The van der Waals surface area contributed by atoms with Crippen LogP contribution in [0.2, 0.25) is 0 Å². The summed E-state index contributed by atoms with van der Waals surface area (Å²) in [6.45, 7) is 6.43. The predicted molar refractivity (Wildman–Crippen MR) is 49.3 cm³/mol. The van der Waals surface area contributed by atoms with Crippen LogP contribution in [0.25, 0.3) is 0 Å². The van der Waals surface area contributed by atoms with Crippen molar-refractivity contribution in [3.05, 3.63) is 17.0 Å². The normalized spacial score (nSPS) is 17.9. The van der Waals surface area contributed by atoms with E-state index in [0.717, 1.165) is 0 Å². The van der Waals surface area contributed by atoms with E-state index in [4.69, 9.17) is 0 Å². The van der Waals surface area contributed by atoms with Gasteiger partial charge in [0.15, 0.2) is 0 Å². The molecule has 0 N–H and O–H groups in total. The van der Waals surface area contributed by atoms with Crippen LogP contribution in [0.15, 0.2) is 0 Å². The lowest BCUT2D eigenvalue weighted by atomic mass is 9.93. The molecule has 1 aromatic heterocycles. The van der Waals surface area contributed by atoms with Crippen molar-refractivity contribution in [2.45, 2.75) is 46.1 Å². The van der Waals surface area contributed by atoms with E-state index in [1.807, 2.05) is 0 Å². The van der Waals surface area contributed by atoms with Crippen molar-refractivity contribution in [3.63, 3.8) is 0 Å². The van der Waals surface area contributed by atoms with Gasteiger partial charge in [0, 0.05) is 5.69 Å². The summed E-state index contributed by atoms with van der Waals surface area (Å²) in [6, 6.07) is 0.706. The molecule has 0 aromatic carbocycles. The van der Waals surface area contributed by atoms with E-state index in [9.17, 15) is 0 Å². The first-order valence-corrected chi connectivity index (χ1v) is 4.72. The zero-order valence-corrected chi connectivity index (χ0v) is 8.09. The minimum Gasteiger partial charge on any atom is -0.266 e. The second-order valence-electron chi connectivity index (χ2n) is 3.83. The fraction of sp³-hybridized carbons (Fsp3) is 0.700. The molecule has 0 unspecified atom stereocenters. The molecule has 1 aliphatic rings. The Morgan fingerprint density at radius 3 is 2.25 bits per heavy atom. The first-order valence-electron chi connectivity index (χ1n) is 4.72. The van der Waals surface area contributed by atoms with Crippen LogP contribution in [0.5, 0.6) is 0 Å². The van der Waals surface area contributed by atoms with Crippen LogP contribution in [0, 0.1) is 20.8 Å². The number of aromatic nitrogens is 2. The molecule has 0 radical (unpaired) electrons. The topological polar surface area (TPSA) is 17.8 Å². The molecule has 1 saturated carbocycles. The van der Waals surface area contributed by atoms with Crippen molar-refractivity contribution in [3.8, 4) is 0 Å². The highest BCUT2D eigenvalue weighted by molar-refractivity contribution is 5.22. The standard InChI is InChI=1S/C10H16N2/c1-7-8(2)11-12(9(7)3)10-5-4-6-10/h10H,4-6H2,1-3H3. The van der Waals surface area contributed by atoms with Gasteiger partial charge in [0.25, 0.3) is 0 Å². The van der Waals surface area contributed by atoms with Gasteiger partial charge in [0.05, 0.1) is 11.7 Å². The molecule has 1 aliphatic carbocycles. The highest BCUT2D eigenvalue weighted by Gasteiger charge is 2.22. The first-order chi connectivity index (χ1) is 5.70. The van der Waals surface area contributed by atoms with Gasteiger partial charge in [-0.1, -0.05) is 0 Å². The lowest BCUT2D eigenvalue weighted by Crippen LogP contribution is -2.19. The summed E-state index contributed by atoms with van der Waals surface area (Å²) in [4.78, 5) is 0. The molecule has 0 aliphatic heterocycles. The minimum atomic E-state index is 0.706. The van der Waals surface area contributed by atoms with Gasteiger partial charge >= 0.3 is 0 Å². The average molecular weight is 164 g/mol.